The normalized spacial score (nSPS) is 9.59. The highest BCUT2D eigenvalue weighted by Gasteiger charge is 2.02. The molecule has 1 rings (SSSR count). The summed E-state index contributed by atoms with van der Waals surface area (Å²) in [4.78, 5) is 0. The molecule has 0 aliphatic heterocycles. The van der Waals surface area contributed by atoms with Crippen LogP contribution in [0, 0.1) is 17.7 Å². The SMILES string of the molecule is COCCOc1ccc(F)cc1C#CCCO. The molecule has 0 heterocycles. The van der Waals surface area contributed by atoms with Gasteiger partial charge in [0, 0.05) is 13.5 Å². The van der Waals surface area contributed by atoms with Crippen molar-refractivity contribution in [1.29, 1.82) is 0 Å². The van der Waals surface area contributed by atoms with Crippen molar-refractivity contribution in [1.82, 2.24) is 0 Å². The molecule has 0 aliphatic carbocycles. The summed E-state index contributed by atoms with van der Waals surface area (Å²) in [6.07, 6.45) is 0.355. The molecule has 0 saturated carbocycles. The number of halogens is 1. The van der Waals surface area contributed by atoms with E-state index >= 15 is 0 Å². The lowest BCUT2D eigenvalue weighted by Crippen LogP contribution is -2.05. The molecule has 0 atom stereocenters. The van der Waals surface area contributed by atoms with Crippen molar-refractivity contribution < 1.29 is 19.0 Å². The molecular formula is C13H15FO3. The van der Waals surface area contributed by atoms with Crippen LogP contribution in [0.3, 0.4) is 0 Å². The van der Waals surface area contributed by atoms with Crippen molar-refractivity contribution >= 4 is 0 Å². The number of rotatable bonds is 5. The van der Waals surface area contributed by atoms with Gasteiger partial charge in [0.25, 0.3) is 0 Å². The highest BCUT2D eigenvalue weighted by molar-refractivity contribution is 5.46. The fraction of sp³-hybridized carbons (Fsp3) is 0.385. The summed E-state index contributed by atoms with van der Waals surface area (Å²) in [5.41, 5.74) is 0.481. The Morgan fingerprint density at radius 3 is 2.88 bits per heavy atom. The lowest BCUT2D eigenvalue weighted by molar-refractivity contribution is 0.146. The summed E-state index contributed by atoms with van der Waals surface area (Å²) in [6, 6.07) is 4.17. The smallest absolute Gasteiger partial charge is 0.135 e. The number of methoxy groups -OCH3 is 1. The number of aliphatic hydroxyl groups excluding tert-OH is 1. The van der Waals surface area contributed by atoms with E-state index in [0.29, 0.717) is 30.9 Å². The average Bonchev–Trinajstić information content (AvgIpc) is 2.32. The monoisotopic (exact) mass is 238 g/mol. The zero-order chi connectivity index (χ0) is 12.5. The largest absolute Gasteiger partial charge is 0.490 e. The summed E-state index contributed by atoms with van der Waals surface area (Å²) in [5.74, 6) is 5.66. The van der Waals surface area contributed by atoms with Gasteiger partial charge in [-0.3, -0.25) is 0 Å². The molecule has 17 heavy (non-hydrogen) atoms. The Bertz CT molecular complexity index is 407. The Hall–Kier alpha value is -1.57. The zero-order valence-electron chi connectivity index (χ0n) is 9.70. The van der Waals surface area contributed by atoms with Crippen molar-refractivity contribution in [3.63, 3.8) is 0 Å². The average molecular weight is 238 g/mol. The van der Waals surface area contributed by atoms with Crippen molar-refractivity contribution in [2.45, 2.75) is 6.42 Å². The number of hydrogen-bond donors (Lipinski definition) is 1. The second-order valence-corrected chi connectivity index (χ2v) is 3.26. The standard InChI is InChI=1S/C13H15FO3/c1-16-8-9-17-13-6-5-12(14)10-11(13)4-2-3-7-15/h5-6,10,15H,3,7-9H2,1H3. The lowest BCUT2D eigenvalue weighted by atomic mass is 10.2. The Balaban J connectivity index is 2.77. The molecule has 0 aliphatic rings. The summed E-state index contributed by atoms with van der Waals surface area (Å²) >= 11 is 0. The molecule has 0 unspecified atom stereocenters. The maximum absolute atomic E-state index is 13.0. The van der Waals surface area contributed by atoms with Crippen molar-refractivity contribution in [2.24, 2.45) is 0 Å². The van der Waals surface area contributed by atoms with Crippen LogP contribution in [0.25, 0.3) is 0 Å². The molecule has 0 spiro atoms. The Kier molecular flexibility index (Phi) is 6.08. The molecule has 4 heteroatoms. The predicted octanol–water partition coefficient (Wildman–Crippen LogP) is 1.58. The molecule has 0 bridgehead atoms. The van der Waals surface area contributed by atoms with Gasteiger partial charge in [0.05, 0.1) is 18.8 Å². The van der Waals surface area contributed by atoms with E-state index in [-0.39, 0.29) is 12.4 Å². The summed E-state index contributed by atoms with van der Waals surface area (Å²) < 4.78 is 23.3. The molecule has 92 valence electrons. The van der Waals surface area contributed by atoms with Gasteiger partial charge in [-0.05, 0) is 18.2 Å². The second-order valence-electron chi connectivity index (χ2n) is 3.26. The minimum absolute atomic E-state index is 0.0117. The third-order valence-corrected chi connectivity index (χ3v) is 1.95. The van der Waals surface area contributed by atoms with Crippen LogP contribution in [0.1, 0.15) is 12.0 Å². The molecule has 1 N–H and O–H groups in total. The lowest BCUT2D eigenvalue weighted by Gasteiger charge is -2.07. The van der Waals surface area contributed by atoms with Crippen LogP contribution < -0.4 is 4.74 Å². The van der Waals surface area contributed by atoms with E-state index in [9.17, 15) is 4.39 Å². The van der Waals surface area contributed by atoms with Gasteiger partial charge in [-0.25, -0.2) is 4.39 Å². The Morgan fingerprint density at radius 1 is 1.35 bits per heavy atom. The van der Waals surface area contributed by atoms with E-state index in [1.807, 2.05) is 0 Å². The van der Waals surface area contributed by atoms with Crippen LogP contribution in [-0.4, -0.2) is 32.0 Å². The maximum atomic E-state index is 13.0. The highest BCUT2D eigenvalue weighted by atomic mass is 19.1. The van der Waals surface area contributed by atoms with Crippen LogP contribution in [0.4, 0.5) is 4.39 Å². The molecule has 1 aromatic rings. The molecule has 3 nitrogen and oxygen atoms in total. The fourth-order valence-corrected chi connectivity index (χ4v) is 1.17. The van der Waals surface area contributed by atoms with Gasteiger partial charge in [-0.1, -0.05) is 11.8 Å². The summed E-state index contributed by atoms with van der Waals surface area (Å²) in [5, 5.41) is 8.62. The Morgan fingerprint density at radius 2 is 2.18 bits per heavy atom. The van der Waals surface area contributed by atoms with E-state index in [0.717, 1.165) is 0 Å². The Labute approximate surface area is 100 Å². The fourth-order valence-electron chi connectivity index (χ4n) is 1.17. The molecule has 0 amide bonds. The number of hydrogen-bond acceptors (Lipinski definition) is 3. The molecule has 0 fully saturated rings. The van der Waals surface area contributed by atoms with E-state index < -0.39 is 0 Å². The van der Waals surface area contributed by atoms with Gasteiger partial charge in [0.2, 0.25) is 0 Å². The first-order valence-electron chi connectivity index (χ1n) is 5.29. The van der Waals surface area contributed by atoms with Crippen LogP contribution in [0.2, 0.25) is 0 Å². The first-order chi connectivity index (χ1) is 8.27. The van der Waals surface area contributed by atoms with Crippen LogP contribution in [0.5, 0.6) is 5.75 Å². The topological polar surface area (TPSA) is 38.7 Å². The number of ether oxygens (including phenoxy) is 2. The number of benzene rings is 1. The maximum Gasteiger partial charge on any atom is 0.135 e. The van der Waals surface area contributed by atoms with Gasteiger partial charge < -0.3 is 14.6 Å². The van der Waals surface area contributed by atoms with Gasteiger partial charge in [-0.15, -0.1) is 0 Å². The summed E-state index contributed by atoms with van der Waals surface area (Å²) in [6.45, 7) is 0.833. The van der Waals surface area contributed by atoms with Gasteiger partial charge >= 0.3 is 0 Å². The van der Waals surface area contributed by atoms with Gasteiger partial charge in [-0.2, -0.15) is 0 Å². The van der Waals surface area contributed by atoms with Crippen LogP contribution in [-0.2, 0) is 4.74 Å². The van der Waals surface area contributed by atoms with Gasteiger partial charge in [0.15, 0.2) is 0 Å². The zero-order valence-corrected chi connectivity index (χ0v) is 9.70. The minimum Gasteiger partial charge on any atom is -0.490 e. The summed E-state index contributed by atoms with van der Waals surface area (Å²) in [7, 11) is 1.58. The van der Waals surface area contributed by atoms with Crippen molar-refractivity contribution in [2.75, 3.05) is 26.9 Å². The van der Waals surface area contributed by atoms with Crippen LogP contribution >= 0.6 is 0 Å². The molecular weight excluding hydrogens is 223 g/mol. The van der Waals surface area contributed by atoms with Crippen molar-refractivity contribution in [3.05, 3.63) is 29.6 Å². The first-order valence-corrected chi connectivity index (χ1v) is 5.29. The molecule has 0 aromatic heterocycles. The van der Waals surface area contributed by atoms with E-state index in [1.54, 1.807) is 7.11 Å². The highest BCUT2D eigenvalue weighted by Crippen LogP contribution is 2.18. The van der Waals surface area contributed by atoms with Gasteiger partial charge in [0.1, 0.15) is 18.2 Å². The number of aliphatic hydroxyl groups is 1. The minimum atomic E-state index is -0.364. The van der Waals surface area contributed by atoms with Crippen LogP contribution in [0.15, 0.2) is 18.2 Å². The molecule has 0 radical (unpaired) electrons. The van der Waals surface area contributed by atoms with E-state index in [2.05, 4.69) is 11.8 Å². The van der Waals surface area contributed by atoms with Crippen molar-refractivity contribution in [3.8, 4) is 17.6 Å². The molecule has 1 aromatic carbocycles. The quantitative estimate of drug-likeness (QED) is 0.625. The predicted molar refractivity (Wildman–Crippen MR) is 62.4 cm³/mol. The second kappa shape index (κ2) is 7.66. The third-order valence-electron chi connectivity index (χ3n) is 1.95. The first kappa shape index (κ1) is 13.5. The molecule has 0 saturated heterocycles. The van der Waals surface area contributed by atoms with E-state index in [4.69, 9.17) is 14.6 Å². The van der Waals surface area contributed by atoms with E-state index in [1.165, 1.54) is 18.2 Å². The third kappa shape index (κ3) is 4.85.